The molecule has 2 atom stereocenters. The number of ether oxygens (including phenoxy) is 3. The first-order valence-electron chi connectivity index (χ1n) is 9.06. The van der Waals surface area contributed by atoms with Crippen LogP contribution in [0.2, 0.25) is 0 Å². The van der Waals surface area contributed by atoms with E-state index in [0.29, 0.717) is 23.7 Å². The van der Waals surface area contributed by atoms with E-state index in [1.165, 1.54) is 6.92 Å². The Balaban J connectivity index is 0.000000196. The maximum atomic E-state index is 9.60. The molecule has 3 N–H and O–H groups in total. The van der Waals surface area contributed by atoms with E-state index in [4.69, 9.17) is 29.5 Å². The van der Waals surface area contributed by atoms with Crippen molar-refractivity contribution in [1.82, 2.24) is 0 Å². The molecule has 2 heterocycles. The molecule has 0 aromatic heterocycles. The fraction of sp³-hybridized carbons (Fsp3) is 0.318. The van der Waals surface area contributed by atoms with Gasteiger partial charge in [-0.05, 0) is 31.2 Å². The van der Waals surface area contributed by atoms with Crippen LogP contribution in [0.25, 0.3) is 0 Å². The predicted octanol–water partition coefficient (Wildman–Crippen LogP) is 3.23. The number of benzene rings is 2. The smallest absolute Gasteiger partial charge is 0.330 e. The molecule has 2 fully saturated rings. The summed E-state index contributed by atoms with van der Waals surface area (Å²) in [6.07, 6.45) is 0.785. The summed E-state index contributed by atoms with van der Waals surface area (Å²) in [5, 5.41) is 25.2. The second-order valence-electron chi connectivity index (χ2n) is 6.20. The van der Waals surface area contributed by atoms with Crippen molar-refractivity contribution in [3.8, 4) is 11.5 Å². The van der Waals surface area contributed by atoms with E-state index in [1.807, 2.05) is 12.1 Å². The van der Waals surface area contributed by atoms with Gasteiger partial charge in [0, 0.05) is 5.57 Å². The second-order valence-corrected chi connectivity index (χ2v) is 6.20. The Labute approximate surface area is 170 Å². The highest BCUT2D eigenvalue weighted by Crippen LogP contribution is 2.12. The Hall–Kier alpha value is -2.87. The van der Waals surface area contributed by atoms with E-state index < -0.39 is 5.97 Å². The lowest BCUT2D eigenvalue weighted by Gasteiger charge is -1.95. The largest absolute Gasteiger partial charge is 0.508 e. The lowest BCUT2D eigenvalue weighted by molar-refractivity contribution is -0.132. The molecule has 4 rings (SSSR count). The Kier molecular flexibility index (Phi) is 11.8. The molecular weight excluding hydrogens is 376 g/mol. The van der Waals surface area contributed by atoms with Crippen molar-refractivity contribution in [2.75, 3.05) is 26.4 Å². The topological polar surface area (TPSA) is 112 Å². The number of epoxide rings is 2. The van der Waals surface area contributed by atoms with Crippen molar-refractivity contribution in [1.29, 1.82) is 0 Å². The van der Waals surface area contributed by atoms with Gasteiger partial charge in [-0.15, -0.1) is 0 Å². The van der Waals surface area contributed by atoms with Crippen molar-refractivity contribution < 1.29 is 34.3 Å². The van der Waals surface area contributed by atoms with Crippen LogP contribution in [-0.4, -0.2) is 59.9 Å². The van der Waals surface area contributed by atoms with Crippen LogP contribution in [0.1, 0.15) is 6.92 Å². The number of carbonyl (C=O) groups is 1. The lowest BCUT2D eigenvalue weighted by atomic mass is 10.3. The molecule has 2 aliphatic rings. The van der Waals surface area contributed by atoms with E-state index in [2.05, 4.69) is 6.58 Å². The number of phenols is 2. The first-order valence-corrected chi connectivity index (χ1v) is 9.06. The fourth-order valence-corrected chi connectivity index (χ4v) is 1.52. The van der Waals surface area contributed by atoms with Crippen molar-refractivity contribution >= 4 is 5.97 Å². The van der Waals surface area contributed by atoms with Crippen LogP contribution in [0.3, 0.4) is 0 Å². The van der Waals surface area contributed by atoms with Crippen LogP contribution in [-0.2, 0) is 19.0 Å². The van der Waals surface area contributed by atoms with Gasteiger partial charge in [-0.25, -0.2) is 4.79 Å². The number of carboxylic acid groups (broad SMARTS) is 1. The molecule has 0 saturated carbocycles. The van der Waals surface area contributed by atoms with E-state index in [9.17, 15) is 4.79 Å². The molecule has 2 saturated heterocycles. The molecule has 2 unspecified atom stereocenters. The maximum absolute atomic E-state index is 9.60. The number of para-hydroxylation sites is 2. The van der Waals surface area contributed by atoms with Gasteiger partial charge in [-0.1, -0.05) is 43.0 Å². The van der Waals surface area contributed by atoms with Gasteiger partial charge in [0.15, 0.2) is 0 Å². The van der Waals surface area contributed by atoms with Gasteiger partial charge in [0.25, 0.3) is 0 Å². The average Bonchev–Trinajstić information content (AvgIpc) is 3.61. The molecule has 0 aliphatic carbocycles. The molecular formula is C22H28O7. The second kappa shape index (κ2) is 14.2. The normalized spacial score (nSPS) is 17.7. The Morgan fingerprint density at radius 2 is 1.24 bits per heavy atom. The third kappa shape index (κ3) is 15.8. The van der Waals surface area contributed by atoms with E-state index in [-0.39, 0.29) is 5.57 Å². The highest BCUT2D eigenvalue weighted by Gasteiger charge is 2.26. The number of carboxylic acids is 1. The highest BCUT2D eigenvalue weighted by molar-refractivity contribution is 5.84. The molecule has 2 aromatic rings. The first kappa shape index (κ1) is 24.2. The summed E-state index contributed by atoms with van der Waals surface area (Å²) in [4.78, 5) is 9.60. The summed E-state index contributed by atoms with van der Waals surface area (Å²) in [5.74, 6) is -0.292. The zero-order chi connectivity index (χ0) is 21.5. The number of aliphatic carboxylic acids is 1. The molecule has 0 bridgehead atoms. The summed E-state index contributed by atoms with van der Waals surface area (Å²) >= 11 is 0. The van der Waals surface area contributed by atoms with Gasteiger partial charge in [0.05, 0.1) is 26.4 Å². The molecule has 2 aliphatic heterocycles. The van der Waals surface area contributed by atoms with Crippen LogP contribution < -0.4 is 0 Å². The van der Waals surface area contributed by atoms with Crippen LogP contribution >= 0.6 is 0 Å². The van der Waals surface area contributed by atoms with Crippen LogP contribution in [0.4, 0.5) is 0 Å². The Morgan fingerprint density at radius 1 is 0.931 bits per heavy atom. The minimum absolute atomic E-state index is 0.176. The predicted molar refractivity (Wildman–Crippen MR) is 109 cm³/mol. The minimum Gasteiger partial charge on any atom is -0.508 e. The molecule has 0 spiro atoms. The third-order valence-electron chi connectivity index (χ3n) is 3.29. The van der Waals surface area contributed by atoms with E-state index >= 15 is 0 Å². The molecule has 7 nitrogen and oxygen atoms in total. The summed E-state index contributed by atoms with van der Waals surface area (Å²) in [6.45, 7) is 7.86. The third-order valence-corrected chi connectivity index (χ3v) is 3.29. The molecule has 2 aromatic carbocycles. The van der Waals surface area contributed by atoms with Crippen molar-refractivity contribution in [3.63, 3.8) is 0 Å². The number of rotatable bonds is 5. The van der Waals surface area contributed by atoms with E-state index in [0.717, 1.165) is 26.4 Å². The zero-order valence-electron chi connectivity index (χ0n) is 16.4. The van der Waals surface area contributed by atoms with E-state index in [1.54, 1.807) is 48.5 Å². The number of hydrogen-bond acceptors (Lipinski definition) is 6. The average molecular weight is 404 g/mol. The maximum Gasteiger partial charge on any atom is 0.330 e. The Morgan fingerprint density at radius 3 is 1.41 bits per heavy atom. The standard InChI is InChI=1S/C6H10O3.2C6H6O.C4H6O2/c1(5-3-8-5)7-2-6-4-9-6;2*7-6-4-2-1-3-5-6;1-3(2)4(5)6/h5-6H,1-4H2;2*1-5,7H;1H2,2H3,(H,5,6). The summed E-state index contributed by atoms with van der Waals surface area (Å²) < 4.78 is 15.1. The van der Waals surface area contributed by atoms with Gasteiger partial charge in [0.1, 0.15) is 23.7 Å². The van der Waals surface area contributed by atoms with Gasteiger partial charge in [-0.2, -0.15) is 0 Å². The van der Waals surface area contributed by atoms with Gasteiger partial charge in [-0.3, -0.25) is 0 Å². The van der Waals surface area contributed by atoms with Crippen LogP contribution in [0.15, 0.2) is 72.8 Å². The molecule has 158 valence electrons. The number of hydrogen-bond donors (Lipinski definition) is 3. The summed E-state index contributed by atoms with van der Waals surface area (Å²) in [6, 6.07) is 17.4. The SMILES string of the molecule is C(OCC1CO1)C1CO1.C=C(C)C(=O)O.Oc1ccccc1.Oc1ccccc1. The van der Waals surface area contributed by atoms with Crippen LogP contribution in [0.5, 0.6) is 11.5 Å². The number of phenolic OH excluding ortho intramolecular Hbond substituents is 2. The number of aromatic hydroxyl groups is 2. The molecule has 7 heteroatoms. The molecule has 0 radical (unpaired) electrons. The van der Waals surface area contributed by atoms with Crippen molar-refractivity contribution in [2.24, 2.45) is 0 Å². The molecule has 29 heavy (non-hydrogen) atoms. The minimum atomic E-state index is -0.935. The van der Waals surface area contributed by atoms with Gasteiger partial charge < -0.3 is 29.5 Å². The summed E-state index contributed by atoms with van der Waals surface area (Å²) in [5.41, 5.74) is 0.176. The molecule has 0 amide bonds. The highest BCUT2D eigenvalue weighted by atomic mass is 16.6. The quantitative estimate of drug-likeness (QED) is 0.518. The first-order chi connectivity index (χ1) is 13.9. The van der Waals surface area contributed by atoms with Crippen molar-refractivity contribution in [2.45, 2.75) is 19.1 Å². The summed E-state index contributed by atoms with van der Waals surface area (Å²) in [7, 11) is 0. The zero-order valence-corrected chi connectivity index (χ0v) is 16.4. The van der Waals surface area contributed by atoms with Gasteiger partial charge in [0.2, 0.25) is 0 Å². The monoisotopic (exact) mass is 404 g/mol. The van der Waals surface area contributed by atoms with Crippen LogP contribution in [0, 0.1) is 0 Å². The van der Waals surface area contributed by atoms with Gasteiger partial charge >= 0.3 is 5.97 Å². The lowest BCUT2D eigenvalue weighted by Crippen LogP contribution is -2.06. The fourth-order valence-electron chi connectivity index (χ4n) is 1.52. The Bertz CT molecular complexity index is 634. The van der Waals surface area contributed by atoms with Crippen molar-refractivity contribution in [3.05, 3.63) is 72.8 Å².